The molecule has 7 heteroatoms. The number of esters is 1. The van der Waals surface area contributed by atoms with Crippen LogP contribution in [0.3, 0.4) is 0 Å². The summed E-state index contributed by atoms with van der Waals surface area (Å²) >= 11 is 0. The van der Waals surface area contributed by atoms with Crippen molar-refractivity contribution in [3.8, 4) is 17.2 Å². The molecule has 0 bridgehead atoms. The van der Waals surface area contributed by atoms with Crippen molar-refractivity contribution < 1.29 is 28.5 Å². The van der Waals surface area contributed by atoms with E-state index >= 15 is 0 Å². The first-order chi connectivity index (χ1) is 14.0. The third kappa shape index (κ3) is 6.00. The molecule has 29 heavy (non-hydrogen) atoms. The van der Waals surface area contributed by atoms with Crippen molar-refractivity contribution >= 4 is 23.6 Å². The van der Waals surface area contributed by atoms with Gasteiger partial charge in [0.2, 0.25) is 0 Å². The number of rotatable bonds is 9. The van der Waals surface area contributed by atoms with E-state index in [1.165, 1.54) is 33.5 Å². The monoisotopic (exact) mass is 399 g/mol. The van der Waals surface area contributed by atoms with Gasteiger partial charge in [-0.1, -0.05) is 25.1 Å². The SMILES string of the molecule is CCc1ccccc1NC(=O)COC(=O)/C=C/c1cc(OC)c(OC)cc1OC. The summed E-state index contributed by atoms with van der Waals surface area (Å²) in [5.74, 6) is 0.445. The predicted octanol–water partition coefficient (Wildman–Crippen LogP) is 3.47. The van der Waals surface area contributed by atoms with Gasteiger partial charge in [-0.2, -0.15) is 0 Å². The van der Waals surface area contributed by atoms with E-state index in [4.69, 9.17) is 18.9 Å². The van der Waals surface area contributed by atoms with E-state index in [0.717, 1.165) is 12.0 Å². The minimum atomic E-state index is -0.652. The topological polar surface area (TPSA) is 83.1 Å². The standard InChI is InChI=1S/C22H25NO6/c1-5-15-8-6-7-9-17(15)23-21(24)14-29-22(25)11-10-16-12-19(27-3)20(28-4)13-18(16)26-2/h6-13H,5,14H2,1-4H3,(H,23,24)/b11-10+. The van der Waals surface area contributed by atoms with Gasteiger partial charge >= 0.3 is 5.97 Å². The molecular formula is C22H25NO6. The maximum atomic E-state index is 12.1. The largest absolute Gasteiger partial charge is 0.496 e. The molecule has 0 atom stereocenters. The van der Waals surface area contributed by atoms with Crippen LogP contribution >= 0.6 is 0 Å². The van der Waals surface area contributed by atoms with Crippen molar-refractivity contribution in [2.24, 2.45) is 0 Å². The van der Waals surface area contributed by atoms with Gasteiger partial charge in [0, 0.05) is 23.4 Å². The van der Waals surface area contributed by atoms with Crippen molar-refractivity contribution in [3.05, 3.63) is 53.6 Å². The summed E-state index contributed by atoms with van der Waals surface area (Å²) in [5.41, 5.74) is 2.32. The first-order valence-electron chi connectivity index (χ1n) is 9.05. The average Bonchev–Trinajstić information content (AvgIpc) is 2.75. The molecule has 7 nitrogen and oxygen atoms in total. The van der Waals surface area contributed by atoms with Gasteiger partial charge in [0.25, 0.3) is 5.91 Å². The lowest BCUT2D eigenvalue weighted by Gasteiger charge is -2.12. The molecule has 0 saturated heterocycles. The second kappa shape index (κ2) is 10.8. The number of aryl methyl sites for hydroxylation is 1. The summed E-state index contributed by atoms with van der Waals surface area (Å²) in [5, 5.41) is 2.75. The van der Waals surface area contributed by atoms with E-state index in [0.29, 0.717) is 28.5 Å². The fourth-order valence-electron chi connectivity index (χ4n) is 2.66. The zero-order valence-corrected chi connectivity index (χ0v) is 17.0. The molecule has 0 aromatic heterocycles. The van der Waals surface area contributed by atoms with Crippen LogP contribution in [0.5, 0.6) is 17.2 Å². The molecule has 0 aliphatic rings. The van der Waals surface area contributed by atoms with Crippen LogP contribution in [0.25, 0.3) is 6.08 Å². The third-order valence-electron chi connectivity index (χ3n) is 4.15. The highest BCUT2D eigenvalue weighted by atomic mass is 16.5. The Morgan fingerprint density at radius 2 is 1.62 bits per heavy atom. The normalized spacial score (nSPS) is 10.5. The van der Waals surface area contributed by atoms with Gasteiger partial charge < -0.3 is 24.3 Å². The van der Waals surface area contributed by atoms with Crippen molar-refractivity contribution in [1.29, 1.82) is 0 Å². The molecule has 0 aliphatic heterocycles. The lowest BCUT2D eigenvalue weighted by molar-refractivity contribution is -0.142. The van der Waals surface area contributed by atoms with Crippen LogP contribution in [0.2, 0.25) is 0 Å². The van der Waals surface area contributed by atoms with Crippen LogP contribution < -0.4 is 19.5 Å². The summed E-state index contributed by atoms with van der Waals surface area (Å²) in [6.45, 7) is 1.61. The second-order valence-corrected chi connectivity index (χ2v) is 5.95. The van der Waals surface area contributed by atoms with Gasteiger partial charge in [0.1, 0.15) is 5.75 Å². The molecule has 0 spiro atoms. The molecule has 2 aromatic rings. The Morgan fingerprint density at radius 3 is 2.28 bits per heavy atom. The van der Waals surface area contributed by atoms with Crippen LogP contribution in [-0.2, 0) is 20.7 Å². The number of carbonyl (C=O) groups excluding carboxylic acids is 2. The van der Waals surface area contributed by atoms with Crippen molar-refractivity contribution in [1.82, 2.24) is 0 Å². The highest BCUT2D eigenvalue weighted by molar-refractivity contribution is 5.95. The maximum absolute atomic E-state index is 12.1. The van der Waals surface area contributed by atoms with E-state index < -0.39 is 11.9 Å². The number of anilines is 1. The van der Waals surface area contributed by atoms with Crippen molar-refractivity contribution in [2.45, 2.75) is 13.3 Å². The second-order valence-electron chi connectivity index (χ2n) is 5.95. The Balaban J connectivity index is 1.98. The maximum Gasteiger partial charge on any atom is 0.331 e. The first-order valence-corrected chi connectivity index (χ1v) is 9.05. The zero-order valence-electron chi connectivity index (χ0n) is 17.0. The fourth-order valence-corrected chi connectivity index (χ4v) is 2.66. The Hall–Kier alpha value is -3.48. The number of ether oxygens (including phenoxy) is 4. The molecule has 154 valence electrons. The number of hydrogen-bond acceptors (Lipinski definition) is 6. The lowest BCUT2D eigenvalue weighted by atomic mass is 10.1. The molecule has 1 amide bonds. The predicted molar refractivity (Wildman–Crippen MR) is 111 cm³/mol. The summed E-state index contributed by atoms with van der Waals surface area (Å²) in [7, 11) is 4.55. The van der Waals surface area contributed by atoms with Crippen LogP contribution in [-0.4, -0.2) is 39.8 Å². The van der Waals surface area contributed by atoms with Gasteiger partial charge in [-0.05, 0) is 30.2 Å². The van der Waals surface area contributed by atoms with E-state index in [9.17, 15) is 9.59 Å². The van der Waals surface area contributed by atoms with Gasteiger partial charge in [0.15, 0.2) is 18.1 Å². The summed E-state index contributed by atoms with van der Waals surface area (Å²) in [6.07, 6.45) is 3.52. The lowest BCUT2D eigenvalue weighted by Crippen LogP contribution is -2.20. The molecule has 0 radical (unpaired) electrons. The summed E-state index contributed by atoms with van der Waals surface area (Å²) < 4.78 is 20.8. The Kier molecular flexibility index (Phi) is 8.09. The minimum Gasteiger partial charge on any atom is -0.496 e. The number of benzene rings is 2. The van der Waals surface area contributed by atoms with Gasteiger partial charge in [-0.15, -0.1) is 0 Å². The zero-order chi connectivity index (χ0) is 21.2. The Bertz CT molecular complexity index is 891. The molecule has 2 rings (SSSR count). The fraction of sp³-hybridized carbons (Fsp3) is 0.273. The van der Waals surface area contributed by atoms with Crippen LogP contribution in [0.4, 0.5) is 5.69 Å². The molecule has 2 aromatic carbocycles. The van der Waals surface area contributed by atoms with E-state index in [1.807, 2.05) is 31.2 Å². The third-order valence-corrected chi connectivity index (χ3v) is 4.15. The summed E-state index contributed by atoms with van der Waals surface area (Å²) in [4.78, 5) is 24.0. The van der Waals surface area contributed by atoms with Crippen molar-refractivity contribution in [2.75, 3.05) is 33.3 Å². The first kappa shape index (κ1) is 21.8. The van der Waals surface area contributed by atoms with Gasteiger partial charge in [-0.25, -0.2) is 4.79 Å². The van der Waals surface area contributed by atoms with E-state index in [2.05, 4.69) is 5.32 Å². The smallest absolute Gasteiger partial charge is 0.331 e. The average molecular weight is 399 g/mol. The number of para-hydroxylation sites is 1. The van der Waals surface area contributed by atoms with E-state index in [-0.39, 0.29) is 6.61 Å². The van der Waals surface area contributed by atoms with Gasteiger partial charge in [0.05, 0.1) is 21.3 Å². The molecule has 1 N–H and O–H groups in total. The highest BCUT2D eigenvalue weighted by Crippen LogP contribution is 2.35. The summed E-state index contributed by atoms with van der Waals surface area (Å²) in [6, 6.07) is 10.8. The molecule has 0 unspecified atom stereocenters. The minimum absolute atomic E-state index is 0.385. The molecular weight excluding hydrogens is 374 g/mol. The van der Waals surface area contributed by atoms with E-state index in [1.54, 1.807) is 12.1 Å². The number of carbonyl (C=O) groups is 2. The van der Waals surface area contributed by atoms with Gasteiger partial charge in [-0.3, -0.25) is 4.79 Å². The highest BCUT2D eigenvalue weighted by Gasteiger charge is 2.11. The molecule has 0 saturated carbocycles. The van der Waals surface area contributed by atoms with Crippen LogP contribution in [0.15, 0.2) is 42.5 Å². The van der Waals surface area contributed by atoms with Crippen LogP contribution in [0.1, 0.15) is 18.1 Å². The quantitative estimate of drug-likeness (QED) is 0.514. The number of methoxy groups -OCH3 is 3. The molecule has 0 fully saturated rings. The Morgan fingerprint density at radius 1 is 0.966 bits per heavy atom. The Labute approximate surface area is 170 Å². The number of hydrogen-bond donors (Lipinski definition) is 1. The number of amides is 1. The molecule has 0 heterocycles. The molecule has 0 aliphatic carbocycles. The van der Waals surface area contributed by atoms with Crippen LogP contribution in [0, 0.1) is 0 Å². The number of nitrogens with one attached hydrogen (secondary N) is 1. The van der Waals surface area contributed by atoms with Crippen molar-refractivity contribution in [3.63, 3.8) is 0 Å².